The van der Waals surface area contributed by atoms with Gasteiger partial charge >= 0.3 is 0 Å². The molecule has 1 amide bonds. The van der Waals surface area contributed by atoms with Gasteiger partial charge in [-0.3, -0.25) is 4.79 Å². The van der Waals surface area contributed by atoms with Crippen LogP contribution in [0.1, 0.15) is 4.88 Å². The van der Waals surface area contributed by atoms with E-state index in [4.69, 9.17) is 0 Å². The van der Waals surface area contributed by atoms with Crippen LogP contribution in [0.2, 0.25) is 0 Å². The van der Waals surface area contributed by atoms with Crippen molar-refractivity contribution in [1.82, 2.24) is 10.2 Å². The lowest BCUT2D eigenvalue weighted by molar-refractivity contribution is -0.128. The molecule has 0 bridgehead atoms. The third-order valence-electron chi connectivity index (χ3n) is 3.07. The number of thiophene rings is 1. The van der Waals surface area contributed by atoms with Crippen LogP contribution in [-0.2, 0) is 11.3 Å². The Morgan fingerprint density at radius 2 is 2.47 bits per heavy atom. The molecule has 0 aliphatic carbocycles. The number of carbonyl (C=O) groups excluding carboxylic acids is 1. The van der Waals surface area contributed by atoms with Crippen molar-refractivity contribution in [2.45, 2.75) is 6.54 Å². The van der Waals surface area contributed by atoms with Gasteiger partial charge in [-0.05, 0) is 36.2 Å². The number of nitrogens with zero attached hydrogens (tertiary/aromatic N) is 1. The SMILES string of the molecule is C=CCN(Cc1cccs1)C(=O)CSCC1CNC1. The molecule has 1 aliphatic rings. The molecule has 1 aliphatic heterocycles. The first-order valence-corrected chi connectivity index (χ1v) is 8.52. The van der Waals surface area contributed by atoms with Gasteiger partial charge in [0.15, 0.2) is 0 Å². The quantitative estimate of drug-likeness (QED) is 0.747. The molecule has 1 aromatic heterocycles. The molecule has 104 valence electrons. The van der Waals surface area contributed by atoms with Crippen LogP contribution in [0, 0.1) is 5.92 Å². The van der Waals surface area contributed by atoms with Gasteiger partial charge in [-0.1, -0.05) is 12.1 Å². The molecule has 3 nitrogen and oxygen atoms in total. The predicted molar refractivity (Wildman–Crippen MR) is 83.6 cm³/mol. The normalized spacial score (nSPS) is 14.9. The molecule has 1 aromatic rings. The zero-order valence-corrected chi connectivity index (χ0v) is 12.6. The number of rotatable bonds is 8. The highest BCUT2D eigenvalue weighted by Crippen LogP contribution is 2.15. The van der Waals surface area contributed by atoms with E-state index in [1.54, 1.807) is 29.2 Å². The number of amides is 1. The van der Waals surface area contributed by atoms with Crippen molar-refractivity contribution in [3.63, 3.8) is 0 Å². The molecule has 1 fully saturated rings. The van der Waals surface area contributed by atoms with Gasteiger partial charge in [0, 0.05) is 11.4 Å². The van der Waals surface area contributed by atoms with Crippen LogP contribution in [0.15, 0.2) is 30.2 Å². The monoisotopic (exact) mass is 296 g/mol. The van der Waals surface area contributed by atoms with Crippen molar-refractivity contribution in [2.75, 3.05) is 31.1 Å². The topological polar surface area (TPSA) is 32.3 Å². The summed E-state index contributed by atoms with van der Waals surface area (Å²) < 4.78 is 0. The Hall–Kier alpha value is -0.780. The Kier molecular flexibility index (Phi) is 5.94. The van der Waals surface area contributed by atoms with E-state index in [1.807, 2.05) is 16.3 Å². The Balaban J connectivity index is 1.76. The van der Waals surface area contributed by atoms with Crippen LogP contribution in [-0.4, -0.2) is 41.9 Å². The maximum Gasteiger partial charge on any atom is 0.233 e. The van der Waals surface area contributed by atoms with Gasteiger partial charge in [-0.15, -0.1) is 17.9 Å². The van der Waals surface area contributed by atoms with Crippen LogP contribution < -0.4 is 5.32 Å². The summed E-state index contributed by atoms with van der Waals surface area (Å²) in [6, 6.07) is 4.09. The molecule has 1 N–H and O–H groups in total. The van der Waals surface area contributed by atoms with Crippen molar-refractivity contribution < 1.29 is 4.79 Å². The van der Waals surface area contributed by atoms with Crippen molar-refractivity contribution in [3.8, 4) is 0 Å². The number of hydrogen-bond acceptors (Lipinski definition) is 4. The molecule has 0 spiro atoms. The molecule has 1 saturated heterocycles. The van der Waals surface area contributed by atoms with Crippen molar-refractivity contribution in [2.24, 2.45) is 5.92 Å². The molecule has 0 saturated carbocycles. The standard InChI is InChI=1S/C14H20N2OS2/c1-2-5-16(9-13-4-3-6-19-13)14(17)11-18-10-12-7-15-8-12/h2-4,6,12,15H,1,5,7-11H2. The molecular weight excluding hydrogens is 276 g/mol. The summed E-state index contributed by atoms with van der Waals surface area (Å²) in [7, 11) is 0. The lowest BCUT2D eigenvalue weighted by Gasteiger charge is -2.27. The highest BCUT2D eigenvalue weighted by atomic mass is 32.2. The first kappa shape index (κ1) is 14.6. The average molecular weight is 296 g/mol. The maximum absolute atomic E-state index is 12.2. The molecular formula is C14H20N2OS2. The number of carbonyl (C=O) groups is 1. The molecule has 2 heterocycles. The largest absolute Gasteiger partial charge is 0.333 e. The highest BCUT2D eigenvalue weighted by molar-refractivity contribution is 7.99. The Labute approximate surface area is 123 Å². The zero-order chi connectivity index (χ0) is 13.5. The summed E-state index contributed by atoms with van der Waals surface area (Å²) >= 11 is 3.44. The smallest absolute Gasteiger partial charge is 0.233 e. The number of hydrogen-bond donors (Lipinski definition) is 1. The summed E-state index contributed by atoms with van der Waals surface area (Å²) in [5, 5.41) is 5.30. The summed E-state index contributed by atoms with van der Waals surface area (Å²) in [5.74, 6) is 2.63. The molecule has 5 heteroatoms. The Bertz CT molecular complexity index is 402. The van der Waals surface area contributed by atoms with Gasteiger partial charge in [0.05, 0.1) is 12.3 Å². The average Bonchev–Trinajstić information content (AvgIpc) is 2.84. The molecule has 0 atom stereocenters. The van der Waals surface area contributed by atoms with Gasteiger partial charge in [0.1, 0.15) is 0 Å². The minimum absolute atomic E-state index is 0.214. The summed E-state index contributed by atoms with van der Waals surface area (Å²) in [5.41, 5.74) is 0. The molecule has 0 unspecified atom stereocenters. The predicted octanol–water partition coefficient (Wildman–Crippen LogP) is 2.22. The summed E-state index contributed by atoms with van der Waals surface area (Å²) in [6.45, 7) is 7.28. The second-order valence-corrected chi connectivity index (χ2v) is 6.74. The third kappa shape index (κ3) is 4.67. The van der Waals surface area contributed by atoms with E-state index in [0.29, 0.717) is 18.8 Å². The lowest BCUT2D eigenvalue weighted by Crippen LogP contribution is -2.43. The molecule has 0 aromatic carbocycles. The first-order valence-electron chi connectivity index (χ1n) is 6.49. The van der Waals surface area contributed by atoms with Crippen molar-refractivity contribution in [1.29, 1.82) is 0 Å². The van der Waals surface area contributed by atoms with Gasteiger partial charge in [-0.25, -0.2) is 0 Å². The summed E-state index contributed by atoms with van der Waals surface area (Å²) in [4.78, 5) is 15.3. The van der Waals surface area contributed by atoms with Crippen molar-refractivity contribution >= 4 is 29.0 Å². The van der Waals surface area contributed by atoms with Crippen LogP contribution in [0.3, 0.4) is 0 Å². The Morgan fingerprint density at radius 3 is 3.05 bits per heavy atom. The zero-order valence-electron chi connectivity index (χ0n) is 11.0. The fraction of sp³-hybridized carbons (Fsp3) is 0.500. The first-order chi connectivity index (χ1) is 9.29. The van der Waals surface area contributed by atoms with Gasteiger partial charge in [-0.2, -0.15) is 11.8 Å². The van der Waals surface area contributed by atoms with E-state index in [0.717, 1.165) is 24.8 Å². The van der Waals surface area contributed by atoms with E-state index >= 15 is 0 Å². The van der Waals surface area contributed by atoms with Crippen LogP contribution >= 0.6 is 23.1 Å². The van der Waals surface area contributed by atoms with Crippen molar-refractivity contribution in [3.05, 3.63) is 35.0 Å². The van der Waals surface area contributed by atoms with E-state index in [9.17, 15) is 4.79 Å². The minimum Gasteiger partial charge on any atom is -0.333 e. The minimum atomic E-state index is 0.214. The van der Waals surface area contributed by atoms with E-state index < -0.39 is 0 Å². The van der Waals surface area contributed by atoms with Crippen LogP contribution in [0.5, 0.6) is 0 Å². The third-order valence-corrected chi connectivity index (χ3v) is 5.09. The van der Waals surface area contributed by atoms with Gasteiger partial charge < -0.3 is 10.2 Å². The maximum atomic E-state index is 12.2. The van der Waals surface area contributed by atoms with E-state index in [-0.39, 0.29) is 5.91 Å². The fourth-order valence-corrected chi connectivity index (χ4v) is 3.64. The summed E-state index contributed by atoms with van der Waals surface area (Å²) in [6.07, 6.45) is 1.80. The number of nitrogens with one attached hydrogen (secondary N) is 1. The van der Waals surface area contributed by atoms with E-state index in [2.05, 4.69) is 18.0 Å². The fourth-order valence-electron chi connectivity index (χ4n) is 1.87. The van der Waals surface area contributed by atoms with E-state index in [1.165, 1.54) is 4.88 Å². The molecule has 0 radical (unpaired) electrons. The molecule has 2 rings (SSSR count). The highest BCUT2D eigenvalue weighted by Gasteiger charge is 2.18. The van der Waals surface area contributed by atoms with Gasteiger partial charge in [0.25, 0.3) is 0 Å². The van der Waals surface area contributed by atoms with Gasteiger partial charge in [0.2, 0.25) is 5.91 Å². The Morgan fingerprint density at radius 1 is 1.63 bits per heavy atom. The van der Waals surface area contributed by atoms with Crippen LogP contribution in [0.4, 0.5) is 0 Å². The second kappa shape index (κ2) is 7.72. The van der Waals surface area contributed by atoms with Crippen LogP contribution in [0.25, 0.3) is 0 Å². The second-order valence-electron chi connectivity index (χ2n) is 4.68. The number of thioether (sulfide) groups is 1. The molecule has 19 heavy (non-hydrogen) atoms. The lowest BCUT2D eigenvalue weighted by atomic mass is 10.1.